The molecule has 0 amide bonds. The van der Waals surface area contributed by atoms with E-state index in [0.29, 0.717) is 10.2 Å². The van der Waals surface area contributed by atoms with Crippen LogP contribution in [-0.2, 0) is 4.79 Å². The van der Waals surface area contributed by atoms with E-state index in [1.165, 1.54) is 12.6 Å². The molecule has 1 aromatic carbocycles. The molecule has 2 aromatic rings. The number of allylic oxidation sites excluding steroid dienone is 1. The van der Waals surface area contributed by atoms with Gasteiger partial charge in [0.05, 0.1) is 17.2 Å². The Balaban J connectivity index is 1.84. The summed E-state index contributed by atoms with van der Waals surface area (Å²) < 4.78 is 1.62. The number of benzene rings is 1. The lowest BCUT2D eigenvalue weighted by Crippen LogP contribution is -2.24. The van der Waals surface area contributed by atoms with Gasteiger partial charge in [0.15, 0.2) is 5.82 Å². The first kappa shape index (κ1) is 19.6. The predicted octanol–water partition coefficient (Wildman–Crippen LogP) is 3.28. The van der Waals surface area contributed by atoms with Gasteiger partial charge in [-0.05, 0) is 24.5 Å². The number of nitrogens with zero attached hydrogens (tertiary/aromatic N) is 4. The molecule has 0 bridgehead atoms. The molecule has 0 radical (unpaired) electrons. The van der Waals surface area contributed by atoms with Gasteiger partial charge < -0.3 is 9.90 Å². The number of carboxylic acid groups (broad SMARTS) is 1. The molecular weight excluding hydrogens is 384 g/mol. The average Bonchev–Trinajstić information content (AvgIpc) is 3.09. The first-order valence-electron chi connectivity index (χ1n) is 8.88. The van der Waals surface area contributed by atoms with Crippen molar-refractivity contribution < 1.29 is 9.90 Å². The van der Waals surface area contributed by atoms with Crippen LogP contribution in [0.1, 0.15) is 49.4 Å². The highest BCUT2D eigenvalue weighted by molar-refractivity contribution is 7.99. The Bertz CT molecular complexity index is 829. The Kier molecular flexibility index (Phi) is 7.06. The van der Waals surface area contributed by atoms with Gasteiger partial charge in [0.1, 0.15) is 0 Å². The minimum Gasteiger partial charge on any atom is -0.549 e. The second-order valence-electron chi connectivity index (χ2n) is 6.33. The largest absolute Gasteiger partial charge is 0.549 e. The minimum atomic E-state index is -1.15. The summed E-state index contributed by atoms with van der Waals surface area (Å²) in [5.41, 5.74) is 0.969. The van der Waals surface area contributed by atoms with Gasteiger partial charge in [0.2, 0.25) is 5.16 Å². The van der Waals surface area contributed by atoms with E-state index in [9.17, 15) is 9.90 Å². The molecule has 1 aromatic heterocycles. The van der Waals surface area contributed by atoms with Crippen LogP contribution in [0.5, 0.6) is 0 Å². The standard InChI is InChI=1S/C19H21ClN4O2S/c20-16(11-14-7-3-1-4-8-14)12-21-24-18(15-9-5-2-6-10-15)22-23-19(24)27-13-17(25)26/h1,3-4,7-8,11-12,15H,2,5-6,9-10,13H2,(H,25,26)/p-1/b16-11-,21-12-. The first-order chi connectivity index (χ1) is 13.1. The van der Waals surface area contributed by atoms with E-state index in [4.69, 9.17) is 11.6 Å². The average molecular weight is 404 g/mol. The Labute approximate surface area is 167 Å². The Morgan fingerprint density at radius 1 is 1.26 bits per heavy atom. The van der Waals surface area contributed by atoms with Crippen molar-refractivity contribution in [1.29, 1.82) is 0 Å². The fraction of sp³-hybridized carbons (Fsp3) is 0.368. The number of carboxylic acids is 1. The van der Waals surface area contributed by atoms with Crippen LogP contribution in [0.25, 0.3) is 6.08 Å². The van der Waals surface area contributed by atoms with Gasteiger partial charge in [-0.25, -0.2) is 0 Å². The van der Waals surface area contributed by atoms with Crippen molar-refractivity contribution in [2.45, 2.75) is 43.2 Å². The van der Waals surface area contributed by atoms with Gasteiger partial charge in [-0.1, -0.05) is 73.0 Å². The molecule has 27 heavy (non-hydrogen) atoms. The highest BCUT2D eigenvalue weighted by atomic mass is 35.5. The Morgan fingerprint density at radius 2 is 2.00 bits per heavy atom. The van der Waals surface area contributed by atoms with Crippen molar-refractivity contribution in [3.8, 4) is 0 Å². The van der Waals surface area contributed by atoms with Gasteiger partial charge in [0.25, 0.3) is 0 Å². The van der Waals surface area contributed by atoms with Crippen LogP contribution in [0.4, 0.5) is 0 Å². The molecule has 6 nitrogen and oxygen atoms in total. The molecule has 1 aliphatic rings. The summed E-state index contributed by atoms with van der Waals surface area (Å²) in [5, 5.41) is 24.6. The Morgan fingerprint density at radius 3 is 2.70 bits per heavy atom. The fourth-order valence-corrected chi connectivity index (χ4v) is 3.85. The first-order valence-corrected chi connectivity index (χ1v) is 10.2. The zero-order valence-electron chi connectivity index (χ0n) is 14.8. The zero-order valence-corrected chi connectivity index (χ0v) is 16.3. The van der Waals surface area contributed by atoms with Crippen molar-refractivity contribution in [1.82, 2.24) is 14.9 Å². The SMILES string of the molecule is O=C([O-])CSc1nnc(C2CCCCC2)n1/N=C\C(Cl)=C\c1ccccc1. The van der Waals surface area contributed by atoms with Crippen molar-refractivity contribution >= 4 is 41.6 Å². The van der Waals surface area contributed by atoms with E-state index in [0.717, 1.165) is 48.8 Å². The maximum atomic E-state index is 10.8. The molecule has 0 unspecified atom stereocenters. The summed E-state index contributed by atoms with van der Waals surface area (Å²) in [5.74, 6) is -0.320. The van der Waals surface area contributed by atoms with E-state index in [-0.39, 0.29) is 11.7 Å². The molecule has 3 rings (SSSR count). The molecule has 0 atom stereocenters. The number of rotatable bonds is 7. The summed E-state index contributed by atoms with van der Waals surface area (Å²) in [6.07, 6.45) is 8.94. The molecule has 0 saturated heterocycles. The monoisotopic (exact) mass is 403 g/mol. The number of thioether (sulfide) groups is 1. The lowest BCUT2D eigenvalue weighted by Gasteiger charge is -2.20. The summed E-state index contributed by atoms with van der Waals surface area (Å²) in [7, 11) is 0. The van der Waals surface area contributed by atoms with Crippen molar-refractivity contribution in [2.24, 2.45) is 5.10 Å². The van der Waals surface area contributed by atoms with Crippen LogP contribution in [0.2, 0.25) is 0 Å². The lowest BCUT2D eigenvalue weighted by molar-refractivity contribution is -0.301. The molecule has 1 heterocycles. The summed E-state index contributed by atoms with van der Waals surface area (Å²) in [6.45, 7) is 0. The van der Waals surface area contributed by atoms with Crippen molar-refractivity contribution in [2.75, 3.05) is 5.75 Å². The topological polar surface area (TPSA) is 83.2 Å². The lowest BCUT2D eigenvalue weighted by atomic mass is 9.89. The maximum absolute atomic E-state index is 10.8. The van der Waals surface area contributed by atoms with Gasteiger partial charge in [0, 0.05) is 11.7 Å². The van der Waals surface area contributed by atoms with Crippen LogP contribution in [0.15, 0.2) is 45.6 Å². The van der Waals surface area contributed by atoms with Crippen molar-refractivity contribution in [3.05, 3.63) is 46.8 Å². The van der Waals surface area contributed by atoms with Crippen LogP contribution in [0, 0.1) is 0 Å². The van der Waals surface area contributed by atoms with Gasteiger partial charge in [-0.3, -0.25) is 0 Å². The third kappa shape index (κ3) is 5.68. The third-order valence-corrected chi connectivity index (χ3v) is 5.43. The zero-order chi connectivity index (χ0) is 19.1. The third-order valence-electron chi connectivity index (χ3n) is 4.33. The molecule has 1 aliphatic carbocycles. The molecular formula is C19H20ClN4O2S-. The molecule has 0 spiro atoms. The predicted molar refractivity (Wildman–Crippen MR) is 106 cm³/mol. The van der Waals surface area contributed by atoms with E-state index in [2.05, 4.69) is 15.3 Å². The molecule has 0 N–H and O–H groups in total. The molecule has 142 valence electrons. The number of aromatic nitrogens is 3. The van der Waals surface area contributed by atoms with E-state index in [1.54, 1.807) is 4.68 Å². The normalized spacial score (nSPS) is 16.1. The number of hydrogen-bond donors (Lipinski definition) is 0. The minimum absolute atomic E-state index is 0.202. The summed E-state index contributed by atoms with van der Waals surface area (Å²) in [4.78, 5) is 10.8. The Hall–Kier alpha value is -2.12. The molecule has 8 heteroatoms. The molecule has 1 saturated carbocycles. The molecule has 0 aliphatic heterocycles. The highest BCUT2D eigenvalue weighted by Crippen LogP contribution is 2.33. The number of aliphatic carboxylic acids is 1. The quantitative estimate of drug-likeness (QED) is 0.523. The van der Waals surface area contributed by atoms with E-state index in [1.807, 2.05) is 36.4 Å². The fourth-order valence-electron chi connectivity index (χ4n) is 3.07. The van der Waals surface area contributed by atoms with Crippen LogP contribution in [-0.4, -0.2) is 32.8 Å². The van der Waals surface area contributed by atoms with E-state index < -0.39 is 5.97 Å². The van der Waals surface area contributed by atoms with Crippen LogP contribution in [0.3, 0.4) is 0 Å². The van der Waals surface area contributed by atoms with Gasteiger partial charge >= 0.3 is 0 Å². The second kappa shape index (κ2) is 9.71. The summed E-state index contributed by atoms with van der Waals surface area (Å²) in [6, 6.07) is 9.70. The maximum Gasteiger partial charge on any atom is 0.212 e. The highest BCUT2D eigenvalue weighted by Gasteiger charge is 2.23. The van der Waals surface area contributed by atoms with Crippen molar-refractivity contribution in [3.63, 3.8) is 0 Å². The second-order valence-corrected chi connectivity index (χ2v) is 7.71. The molecule has 1 fully saturated rings. The van der Waals surface area contributed by atoms with Crippen LogP contribution < -0.4 is 5.11 Å². The van der Waals surface area contributed by atoms with Gasteiger partial charge in [-0.2, -0.15) is 9.78 Å². The number of halogens is 1. The number of hydrogen-bond acceptors (Lipinski definition) is 6. The summed E-state index contributed by atoms with van der Waals surface area (Å²) >= 11 is 7.34. The number of carbonyl (C=O) groups excluding carboxylic acids is 1. The smallest absolute Gasteiger partial charge is 0.212 e. The van der Waals surface area contributed by atoms with Gasteiger partial charge in [-0.15, -0.1) is 10.2 Å². The van der Waals surface area contributed by atoms with E-state index >= 15 is 0 Å². The number of carbonyl (C=O) groups is 1. The van der Waals surface area contributed by atoms with Crippen LogP contribution >= 0.6 is 23.4 Å².